The van der Waals surface area contributed by atoms with Crippen LogP contribution >= 0.6 is 0 Å². The molecule has 0 spiro atoms. The van der Waals surface area contributed by atoms with Crippen molar-refractivity contribution in [2.24, 2.45) is 0 Å². The van der Waals surface area contributed by atoms with E-state index in [1.54, 1.807) is 36.7 Å². The van der Waals surface area contributed by atoms with Gasteiger partial charge in [-0.05, 0) is 30.2 Å². The Hall–Kier alpha value is -2.03. The molecule has 2 aromatic rings. The predicted octanol–water partition coefficient (Wildman–Crippen LogP) is 2.83. The smallest absolute Gasteiger partial charge is 0.213 e. The van der Waals surface area contributed by atoms with Crippen LogP contribution in [0.3, 0.4) is 0 Å². The lowest BCUT2D eigenvalue weighted by atomic mass is 9.99. The molecule has 0 saturated heterocycles. The van der Waals surface area contributed by atoms with Gasteiger partial charge in [0.25, 0.3) is 0 Å². The third-order valence-corrected chi connectivity index (χ3v) is 2.53. The second kappa shape index (κ2) is 4.87. The molecule has 0 aliphatic carbocycles. The molecule has 0 fully saturated rings. The minimum atomic E-state index is -0.0672. The number of hydrogen-bond donors (Lipinski definition) is 0. The molecule has 86 valence electrons. The van der Waals surface area contributed by atoms with Crippen molar-refractivity contribution in [3.63, 3.8) is 0 Å². The highest BCUT2D eigenvalue weighted by Gasteiger charge is 2.16. The summed E-state index contributed by atoms with van der Waals surface area (Å²) in [5, 5.41) is 0. The maximum Gasteiger partial charge on any atom is 0.213 e. The van der Waals surface area contributed by atoms with Crippen LogP contribution in [0, 0.1) is 0 Å². The summed E-state index contributed by atoms with van der Waals surface area (Å²) in [4.78, 5) is 20.6. The Kier molecular flexibility index (Phi) is 3.28. The normalized spacial score (nSPS) is 10.5. The lowest BCUT2D eigenvalue weighted by Gasteiger charge is -2.09. The van der Waals surface area contributed by atoms with Crippen molar-refractivity contribution in [2.45, 2.75) is 19.8 Å². The number of pyridine rings is 2. The Morgan fingerprint density at radius 1 is 1.06 bits per heavy atom. The largest absolute Gasteiger partial charge is 0.287 e. The van der Waals surface area contributed by atoms with E-state index in [2.05, 4.69) is 9.97 Å². The first-order valence-electron chi connectivity index (χ1n) is 5.61. The highest BCUT2D eigenvalue weighted by Crippen LogP contribution is 2.18. The molecule has 0 unspecified atom stereocenters. The van der Waals surface area contributed by atoms with Crippen LogP contribution in [-0.4, -0.2) is 15.8 Å². The summed E-state index contributed by atoms with van der Waals surface area (Å²) < 4.78 is 0. The van der Waals surface area contributed by atoms with E-state index in [4.69, 9.17) is 0 Å². The number of aromatic nitrogens is 2. The second-order valence-corrected chi connectivity index (χ2v) is 4.14. The molecule has 0 N–H and O–H groups in total. The lowest BCUT2D eigenvalue weighted by molar-refractivity contribution is 0.103. The van der Waals surface area contributed by atoms with Crippen LogP contribution in [0.1, 0.15) is 41.5 Å². The number of hydrogen-bond acceptors (Lipinski definition) is 3. The molecule has 0 aliphatic rings. The van der Waals surface area contributed by atoms with E-state index in [0.717, 1.165) is 5.69 Å². The number of carbonyl (C=O) groups excluding carboxylic acids is 1. The molecular weight excluding hydrogens is 212 g/mol. The third kappa shape index (κ3) is 2.38. The minimum absolute atomic E-state index is 0.0672. The molecule has 3 heteroatoms. The third-order valence-electron chi connectivity index (χ3n) is 2.53. The standard InChI is InChI=1S/C14H14N2O/c1-10(2)13-11(6-5-9-16-13)14(17)12-7-3-4-8-15-12/h3-10H,1-2H3. The van der Waals surface area contributed by atoms with Crippen molar-refractivity contribution in [2.75, 3.05) is 0 Å². The van der Waals surface area contributed by atoms with Gasteiger partial charge >= 0.3 is 0 Å². The number of nitrogens with zero attached hydrogens (tertiary/aromatic N) is 2. The Morgan fingerprint density at radius 2 is 1.82 bits per heavy atom. The van der Waals surface area contributed by atoms with Gasteiger partial charge in [0, 0.05) is 18.0 Å². The van der Waals surface area contributed by atoms with Crippen LogP contribution in [0.2, 0.25) is 0 Å². The molecule has 0 bridgehead atoms. The van der Waals surface area contributed by atoms with Crippen molar-refractivity contribution < 1.29 is 4.79 Å². The Morgan fingerprint density at radius 3 is 2.47 bits per heavy atom. The van der Waals surface area contributed by atoms with Crippen LogP contribution in [0.25, 0.3) is 0 Å². The van der Waals surface area contributed by atoms with E-state index >= 15 is 0 Å². The van der Waals surface area contributed by atoms with Gasteiger partial charge in [-0.15, -0.1) is 0 Å². The summed E-state index contributed by atoms with van der Waals surface area (Å²) in [5.74, 6) is 0.154. The first kappa shape index (κ1) is 11.5. The van der Waals surface area contributed by atoms with Crippen molar-refractivity contribution in [3.05, 3.63) is 59.7 Å². The molecule has 0 aliphatic heterocycles. The Labute approximate surface area is 101 Å². The average Bonchev–Trinajstić information content (AvgIpc) is 2.39. The monoisotopic (exact) mass is 226 g/mol. The molecule has 0 atom stereocenters. The van der Waals surface area contributed by atoms with Crippen molar-refractivity contribution in [1.29, 1.82) is 0 Å². The summed E-state index contributed by atoms with van der Waals surface area (Å²) in [6.45, 7) is 4.05. The van der Waals surface area contributed by atoms with E-state index in [1.807, 2.05) is 19.9 Å². The summed E-state index contributed by atoms with van der Waals surface area (Å²) in [7, 11) is 0. The fourth-order valence-electron chi connectivity index (χ4n) is 1.70. The first-order valence-corrected chi connectivity index (χ1v) is 5.61. The molecule has 3 nitrogen and oxygen atoms in total. The zero-order valence-electron chi connectivity index (χ0n) is 9.92. The second-order valence-electron chi connectivity index (χ2n) is 4.14. The molecule has 0 radical (unpaired) electrons. The highest BCUT2D eigenvalue weighted by atomic mass is 16.1. The number of carbonyl (C=O) groups is 1. The van der Waals surface area contributed by atoms with Crippen molar-refractivity contribution in [3.8, 4) is 0 Å². The van der Waals surface area contributed by atoms with Crippen LogP contribution in [0.4, 0.5) is 0 Å². The maximum absolute atomic E-state index is 12.3. The average molecular weight is 226 g/mol. The Balaban J connectivity index is 2.45. The first-order chi connectivity index (χ1) is 8.20. The van der Waals surface area contributed by atoms with E-state index in [1.165, 1.54) is 0 Å². The van der Waals surface area contributed by atoms with Crippen LogP contribution in [-0.2, 0) is 0 Å². The van der Waals surface area contributed by atoms with E-state index in [0.29, 0.717) is 11.3 Å². The van der Waals surface area contributed by atoms with Crippen molar-refractivity contribution >= 4 is 5.78 Å². The van der Waals surface area contributed by atoms with Gasteiger partial charge in [-0.25, -0.2) is 0 Å². The summed E-state index contributed by atoms with van der Waals surface area (Å²) >= 11 is 0. The van der Waals surface area contributed by atoms with Gasteiger partial charge in [-0.1, -0.05) is 19.9 Å². The molecule has 0 aromatic carbocycles. The van der Waals surface area contributed by atoms with E-state index in [9.17, 15) is 4.79 Å². The van der Waals surface area contributed by atoms with Crippen molar-refractivity contribution in [1.82, 2.24) is 9.97 Å². The van der Waals surface area contributed by atoms with Crippen LogP contribution in [0.5, 0.6) is 0 Å². The Bertz CT molecular complexity index is 521. The van der Waals surface area contributed by atoms with Gasteiger partial charge in [0.15, 0.2) is 0 Å². The molecule has 2 aromatic heterocycles. The number of rotatable bonds is 3. The fraction of sp³-hybridized carbons (Fsp3) is 0.214. The van der Waals surface area contributed by atoms with E-state index in [-0.39, 0.29) is 11.7 Å². The quantitative estimate of drug-likeness (QED) is 0.756. The van der Waals surface area contributed by atoms with Gasteiger partial charge in [0.1, 0.15) is 5.69 Å². The zero-order valence-corrected chi connectivity index (χ0v) is 9.92. The summed E-state index contributed by atoms with van der Waals surface area (Å²) in [6.07, 6.45) is 3.34. The molecular formula is C14H14N2O. The summed E-state index contributed by atoms with van der Waals surface area (Å²) in [5.41, 5.74) is 1.92. The fourth-order valence-corrected chi connectivity index (χ4v) is 1.70. The van der Waals surface area contributed by atoms with Gasteiger partial charge in [0.2, 0.25) is 5.78 Å². The van der Waals surface area contributed by atoms with Gasteiger partial charge in [-0.2, -0.15) is 0 Å². The van der Waals surface area contributed by atoms with Gasteiger partial charge < -0.3 is 0 Å². The lowest BCUT2D eigenvalue weighted by Crippen LogP contribution is -2.09. The van der Waals surface area contributed by atoms with Crippen LogP contribution < -0.4 is 0 Å². The SMILES string of the molecule is CC(C)c1ncccc1C(=O)c1ccccn1. The number of ketones is 1. The van der Waals surface area contributed by atoms with Crippen LogP contribution in [0.15, 0.2) is 42.7 Å². The van der Waals surface area contributed by atoms with Gasteiger partial charge in [-0.3, -0.25) is 14.8 Å². The molecule has 17 heavy (non-hydrogen) atoms. The highest BCUT2D eigenvalue weighted by molar-refractivity contribution is 6.08. The van der Waals surface area contributed by atoms with Gasteiger partial charge in [0.05, 0.1) is 5.69 Å². The summed E-state index contributed by atoms with van der Waals surface area (Å²) in [6, 6.07) is 8.91. The molecule has 2 rings (SSSR count). The minimum Gasteiger partial charge on any atom is -0.287 e. The molecule has 0 saturated carbocycles. The molecule has 0 amide bonds. The predicted molar refractivity (Wildman–Crippen MR) is 66.0 cm³/mol. The molecule has 2 heterocycles. The van der Waals surface area contributed by atoms with E-state index < -0.39 is 0 Å². The maximum atomic E-state index is 12.3. The zero-order chi connectivity index (χ0) is 12.3. The topological polar surface area (TPSA) is 42.9 Å².